The van der Waals surface area contributed by atoms with E-state index in [1.807, 2.05) is 30.5 Å². The molecule has 1 aliphatic heterocycles. The second-order valence-electron chi connectivity index (χ2n) is 8.85. The Bertz CT molecular complexity index is 1350. The fraction of sp³-hybridized carbons (Fsp3) is 0.360. The fourth-order valence-corrected chi connectivity index (χ4v) is 4.27. The molecule has 1 aliphatic rings. The quantitative estimate of drug-likeness (QED) is 0.404. The lowest BCUT2D eigenvalue weighted by atomic mass is 10.1. The summed E-state index contributed by atoms with van der Waals surface area (Å²) in [4.78, 5) is 20.4. The van der Waals surface area contributed by atoms with E-state index >= 15 is 0 Å². The van der Waals surface area contributed by atoms with E-state index in [9.17, 15) is 13.2 Å². The summed E-state index contributed by atoms with van der Waals surface area (Å²) >= 11 is 0. The zero-order chi connectivity index (χ0) is 25.3. The normalized spacial score (nSPS) is 14.6. The molecule has 188 valence electrons. The van der Waals surface area contributed by atoms with Crippen LogP contribution < -0.4 is 10.2 Å². The second-order valence-corrected chi connectivity index (χ2v) is 8.85. The number of morpholine rings is 1. The van der Waals surface area contributed by atoms with Gasteiger partial charge in [-0.25, -0.2) is 19.9 Å². The number of ether oxygens (including phenoxy) is 1. The van der Waals surface area contributed by atoms with E-state index in [1.54, 1.807) is 12.3 Å². The molecule has 36 heavy (non-hydrogen) atoms. The number of halogens is 3. The molecule has 1 fully saturated rings. The summed E-state index contributed by atoms with van der Waals surface area (Å²) < 4.78 is 46.7. The summed E-state index contributed by atoms with van der Waals surface area (Å²) in [6.07, 6.45) is -1.16. The molecule has 0 unspecified atom stereocenters. The predicted molar refractivity (Wildman–Crippen MR) is 131 cm³/mol. The average Bonchev–Trinajstić information content (AvgIpc) is 3.28. The monoisotopic (exact) mass is 497 g/mol. The summed E-state index contributed by atoms with van der Waals surface area (Å²) in [5.74, 6) is 2.04. The van der Waals surface area contributed by atoms with Crippen molar-refractivity contribution >= 4 is 22.8 Å². The Hall–Kier alpha value is -3.73. The summed E-state index contributed by atoms with van der Waals surface area (Å²) in [5.41, 5.74) is 1.82. The van der Waals surface area contributed by atoms with Crippen molar-refractivity contribution in [3.05, 3.63) is 60.0 Å². The van der Waals surface area contributed by atoms with Gasteiger partial charge in [-0.2, -0.15) is 13.2 Å². The van der Waals surface area contributed by atoms with E-state index in [1.165, 1.54) is 12.4 Å². The summed E-state index contributed by atoms with van der Waals surface area (Å²) in [6, 6.07) is 9.24. The smallest absolute Gasteiger partial charge is 0.378 e. The number of rotatable bonds is 6. The van der Waals surface area contributed by atoms with Gasteiger partial charge in [0.15, 0.2) is 17.0 Å². The molecule has 11 heteroatoms. The van der Waals surface area contributed by atoms with Gasteiger partial charge in [-0.15, -0.1) is 0 Å². The number of nitrogens with zero attached hydrogens (tertiary/aromatic N) is 6. The van der Waals surface area contributed by atoms with Gasteiger partial charge in [0.25, 0.3) is 0 Å². The van der Waals surface area contributed by atoms with Crippen LogP contribution in [0.3, 0.4) is 0 Å². The number of imidazole rings is 1. The lowest BCUT2D eigenvalue weighted by Gasteiger charge is -2.27. The zero-order valence-electron chi connectivity index (χ0n) is 20.0. The number of pyridine rings is 1. The van der Waals surface area contributed by atoms with Gasteiger partial charge in [0.2, 0.25) is 0 Å². The topological polar surface area (TPSA) is 81.0 Å². The highest BCUT2D eigenvalue weighted by Crippen LogP contribution is 2.32. The van der Waals surface area contributed by atoms with Crippen molar-refractivity contribution in [1.29, 1.82) is 0 Å². The standard InChI is InChI=1S/C25H26F3N7O/c1-16(2)35-23(18-6-7-20(29-14-18)34-8-10-36-11-9-34)33-21-22(31-15-32-24(21)35)30-13-17-4-3-5-19(12-17)25(26,27)28/h3-7,12,14-16H,8-11,13H2,1-2H3,(H,30,31,32). The van der Waals surface area contributed by atoms with E-state index in [0.717, 1.165) is 36.6 Å². The van der Waals surface area contributed by atoms with Crippen LogP contribution in [0.1, 0.15) is 31.0 Å². The van der Waals surface area contributed by atoms with Gasteiger partial charge in [-0.3, -0.25) is 0 Å². The van der Waals surface area contributed by atoms with E-state index in [2.05, 4.69) is 25.2 Å². The van der Waals surface area contributed by atoms with Crippen molar-refractivity contribution in [3.8, 4) is 11.4 Å². The Balaban J connectivity index is 1.45. The number of nitrogens with one attached hydrogen (secondary N) is 1. The molecule has 8 nitrogen and oxygen atoms in total. The lowest BCUT2D eigenvalue weighted by Crippen LogP contribution is -2.36. The van der Waals surface area contributed by atoms with Crippen LogP contribution in [0.25, 0.3) is 22.6 Å². The number of aromatic nitrogens is 5. The highest BCUT2D eigenvalue weighted by Gasteiger charge is 2.30. The third kappa shape index (κ3) is 4.83. The molecule has 1 saturated heterocycles. The summed E-state index contributed by atoms with van der Waals surface area (Å²) in [7, 11) is 0. The molecule has 3 aromatic heterocycles. The number of benzene rings is 1. The molecule has 0 spiro atoms. The van der Waals surface area contributed by atoms with Crippen LogP contribution in [0.5, 0.6) is 0 Å². The minimum Gasteiger partial charge on any atom is -0.378 e. The molecular formula is C25H26F3N7O. The van der Waals surface area contributed by atoms with E-state index in [0.29, 0.717) is 41.6 Å². The van der Waals surface area contributed by atoms with Gasteiger partial charge >= 0.3 is 6.18 Å². The number of alkyl halides is 3. The molecule has 0 atom stereocenters. The van der Waals surface area contributed by atoms with Crippen LogP contribution in [0.2, 0.25) is 0 Å². The minimum atomic E-state index is -4.39. The van der Waals surface area contributed by atoms with E-state index in [-0.39, 0.29) is 12.6 Å². The third-order valence-corrected chi connectivity index (χ3v) is 6.05. The Labute approximate surface area is 206 Å². The maximum absolute atomic E-state index is 13.1. The molecule has 4 aromatic rings. The van der Waals surface area contributed by atoms with Crippen molar-refractivity contribution in [2.45, 2.75) is 32.6 Å². The number of hydrogen-bond acceptors (Lipinski definition) is 7. The molecule has 0 saturated carbocycles. The van der Waals surface area contributed by atoms with Gasteiger partial charge in [0.1, 0.15) is 18.0 Å². The van der Waals surface area contributed by atoms with E-state index < -0.39 is 11.7 Å². The maximum atomic E-state index is 13.1. The average molecular weight is 498 g/mol. The first-order valence-electron chi connectivity index (χ1n) is 11.7. The third-order valence-electron chi connectivity index (χ3n) is 6.05. The first-order valence-corrected chi connectivity index (χ1v) is 11.7. The van der Waals surface area contributed by atoms with Crippen LogP contribution in [0.15, 0.2) is 48.9 Å². The highest BCUT2D eigenvalue weighted by molar-refractivity contribution is 5.86. The first-order chi connectivity index (χ1) is 17.3. The van der Waals surface area contributed by atoms with Gasteiger partial charge in [0.05, 0.1) is 18.8 Å². The van der Waals surface area contributed by atoms with Crippen molar-refractivity contribution < 1.29 is 17.9 Å². The fourth-order valence-electron chi connectivity index (χ4n) is 4.27. The predicted octanol–water partition coefficient (Wildman–Crippen LogP) is 4.94. The van der Waals surface area contributed by atoms with E-state index in [4.69, 9.17) is 9.72 Å². The highest BCUT2D eigenvalue weighted by atomic mass is 19.4. The molecule has 1 aromatic carbocycles. The molecule has 0 radical (unpaired) electrons. The molecule has 4 heterocycles. The maximum Gasteiger partial charge on any atom is 0.416 e. The molecule has 0 amide bonds. The van der Waals surface area contributed by atoms with Crippen LogP contribution in [0.4, 0.5) is 24.8 Å². The van der Waals surface area contributed by atoms with Crippen LogP contribution in [-0.4, -0.2) is 50.8 Å². The van der Waals surface area contributed by atoms with Crippen LogP contribution >= 0.6 is 0 Å². The number of fused-ring (bicyclic) bond motifs is 1. The molecule has 1 N–H and O–H groups in total. The molecule has 5 rings (SSSR count). The molecule has 0 aliphatic carbocycles. The second kappa shape index (κ2) is 9.73. The summed E-state index contributed by atoms with van der Waals surface area (Å²) in [5, 5.41) is 3.14. The van der Waals surface area contributed by atoms with Gasteiger partial charge in [-0.05, 0) is 43.7 Å². The SMILES string of the molecule is CC(C)n1c(-c2ccc(N3CCOCC3)nc2)nc2c(NCc3cccc(C(F)(F)F)c3)ncnc21. The lowest BCUT2D eigenvalue weighted by molar-refractivity contribution is -0.137. The number of anilines is 2. The molecule has 0 bridgehead atoms. The van der Waals surface area contributed by atoms with Crippen LogP contribution in [0, 0.1) is 0 Å². The van der Waals surface area contributed by atoms with Gasteiger partial charge in [0, 0.05) is 37.4 Å². The first kappa shape index (κ1) is 24.0. The Morgan fingerprint density at radius 2 is 1.86 bits per heavy atom. The Kier molecular flexibility index (Phi) is 6.48. The Morgan fingerprint density at radius 1 is 1.06 bits per heavy atom. The van der Waals surface area contributed by atoms with Crippen molar-refractivity contribution in [2.75, 3.05) is 36.5 Å². The number of hydrogen-bond donors (Lipinski definition) is 1. The zero-order valence-corrected chi connectivity index (χ0v) is 20.0. The minimum absolute atomic E-state index is 0.0511. The van der Waals surface area contributed by atoms with Crippen molar-refractivity contribution in [1.82, 2.24) is 24.5 Å². The Morgan fingerprint density at radius 3 is 2.56 bits per heavy atom. The summed E-state index contributed by atoms with van der Waals surface area (Å²) in [6.45, 7) is 7.20. The largest absolute Gasteiger partial charge is 0.416 e. The van der Waals surface area contributed by atoms with Gasteiger partial charge in [-0.1, -0.05) is 12.1 Å². The molecular weight excluding hydrogens is 471 g/mol. The van der Waals surface area contributed by atoms with Crippen LogP contribution in [-0.2, 0) is 17.5 Å². The van der Waals surface area contributed by atoms with Crippen molar-refractivity contribution in [2.24, 2.45) is 0 Å². The van der Waals surface area contributed by atoms with Crippen molar-refractivity contribution in [3.63, 3.8) is 0 Å². The van der Waals surface area contributed by atoms with Gasteiger partial charge < -0.3 is 19.5 Å².